The number of nitrogens with zero attached hydrogens (tertiary/aromatic N) is 2. The molecule has 130 valence electrons. The van der Waals surface area contributed by atoms with Crippen LogP contribution in [0, 0.1) is 0 Å². The van der Waals surface area contributed by atoms with Crippen molar-refractivity contribution in [1.29, 1.82) is 0 Å². The number of hydrogen-bond acceptors (Lipinski definition) is 3. The van der Waals surface area contributed by atoms with Crippen LogP contribution in [0.1, 0.15) is 33.6 Å². The molecule has 0 unspecified atom stereocenters. The van der Waals surface area contributed by atoms with Gasteiger partial charge in [0.25, 0.3) is 0 Å². The normalized spacial score (nSPS) is 24.9. The molecule has 0 radical (unpaired) electrons. The maximum absolute atomic E-state index is 12.5. The number of rotatable bonds is 1. The molecular weight excluding hydrogens is 321 g/mol. The molecule has 0 N–H and O–H groups in total. The maximum atomic E-state index is 12.5. The van der Waals surface area contributed by atoms with Crippen LogP contribution in [0.25, 0.3) is 0 Å². The van der Waals surface area contributed by atoms with Gasteiger partial charge in [0.2, 0.25) is 0 Å². The van der Waals surface area contributed by atoms with E-state index in [0.717, 1.165) is 24.5 Å². The Bertz CT molecular complexity index is 407. The molecule has 0 aliphatic carbocycles. The summed E-state index contributed by atoms with van der Waals surface area (Å²) in [5.74, 6) is -1.74. The zero-order valence-electron chi connectivity index (χ0n) is 13.2. The van der Waals surface area contributed by atoms with E-state index < -0.39 is 17.7 Å². The first-order valence-electron chi connectivity index (χ1n) is 7.36. The number of alkyl halides is 3. The molecule has 2 aliphatic heterocycles. The third-order valence-electron chi connectivity index (χ3n) is 4.26. The number of piperidine rings is 1. The van der Waals surface area contributed by atoms with Gasteiger partial charge in [0.1, 0.15) is 0 Å². The van der Waals surface area contributed by atoms with Crippen molar-refractivity contribution in [3.63, 3.8) is 0 Å². The van der Waals surface area contributed by atoms with E-state index >= 15 is 0 Å². The van der Waals surface area contributed by atoms with Crippen LogP contribution in [0.5, 0.6) is 0 Å². The number of carbonyl (C=O) groups excluding carboxylic acids is 1. The summed E-state index contributed by atoms with van der Waals surface area (Å²) >= 11 is 0. The molecule has 4 nitrogen and oxygen atoms in total. The number of halogens is 4. The molecule has 0 saturated carbocycles. The topological polar surface area (TPSA) is 32.8 Å². The Morgan fingerprint density at radius 1 is 1.18 bits per heavy atom. The quantitative estimate of drug-likeness (QED) is 0.732. The lowest BCUT2D eigenvalue weighted by atomic mass is 9.86. The van der Waals surface area contributed by atoms with Gasteiger partial charge in [0.05, 0.1) is 11.2 Å². The third-order valence-corrected chi connectivity index (χ3v) is 4.26. The van der Waals surface area contributed by atoms with Gasteiger partial charge in [-0.15, -0.1) is 12.4 Å². The Morgan fingerprint density at radius 2 is 1.73 bits per heavy atom. The Kier molecular flexibility index (Phi) is 5.79. The standard InChI is InChI=1S/C14H23F3N2O2.ClH/c1-4-18-9-12(2,3)21-13(10-18)5-7-19(8-6-13)11(20)14(15,16)17;/h4-10H2,1-3H3;1H. The number of morpholine rings is 1. The van der Waals surface area contributed by atoms with Crippen LogP contribution in [0.3, 0.4) is 0 Å². The maximum Gasteiger partial charge on any atom is 0.471 e. The van der Waals surface area contributed by atoms with Crippen molar-refractivity contribution in [3.8, 4) is 0 Å². The largest absolute Gasteiger partial charge is 0.471 e. The SMILES string of the molecule is CCN1CC(C)(C)OC2(CCN(C(=O)C(F)(F)F)CC2)C1.Cl. The van der Waals surface area contributed by atoms with Crippen molar-refractivity contribution in [2.24, 2.45) is 0 Å². The predicted octanol–water partition coefficient (Wildman–Crippen LogP) is 2.46. The molecule has 0 aromatic carbocycles. The summed E-state index contributed by atoms with van der Waals surface area (Å²) in [4.78, 5) is 14.5. The minimum atomic E-state index is -4.79. The Labute approximate surface area is 135 Å². The van der Waals surface area contributed by atoms with Crippen molar-refractivity contribution in [2.75, 3.05) is 32.7 Å². The third kappa shape index (κ3) is 4.26. The highest BCUT2D eigenvalue weighted by atomic mass is 35.5. The van der Waals surface area contributed by atoms with Crippen LogP contribution in [-0.4, -0.2) is 65.8 Å². The van der Waals surface area contributed by atoms with E-state index in [1.807, 2.05) is 13.8 Å². The lowest BCUT2D eigenvalue weighted by Gasteiger charge is -2.53. The molecule has 2 heterocycles. The highest BCUT2D eigenvalue weighted by Gasteiger charge is 2.49. The summed E-state index contributed by atoms with van der Waals surface area (Å²) in [6.45, 7) is 8.71. The minimum absolute atomic E-state index is 0. The Balaban J connectivity index is 0.00000242. The van der Waals surface area contributed by atoms with Gasteiger partial charge in [-0.05, 0) is 33.2 Å². The second-order valence-electron chi connectivity index (χ2n) is 6.64. The zero-order valence-corrected chi connectivity index (χ0v) is 14.0. The second-order valence-corrected chi connectivity index (χ2v) is 6.64. The van der Waals surface area contributed by atoms with Gasteiger partial charge in [-0.1, -0.05) is 6.92 Å². The molecule has 1 spiro atoms. The highest BCUT2D eigenvalue weighted by molar-refractivity contribution is 5.85. The molecule has 0 aromatic rings. The summed E-state index contributed by atoms with van der Waals surface area (Å²) < 4.78 is 43.6. The Morgan fingerprint density at radius 3 is 2.18 bits per heavy atom. The molecule has 8 heteroatoms. The molecule has 22 heavy (non-hydrogen) atoms. The first kappa shape index (κ1) is 19.5. The zero-order chi connectivity index (χ0) is 15.9. The number of carbonyl (C=O) groups is 1. The van der Waals surface area contributed by atoms with Gasteiger partial charge >= 0.3 is 12.1 Å². The summed E-state index contributed by atoms with van der Waals surface area (Å²) in [6.07, 6.45) is -3.88. The number of likely N-dealkylation sites (N-methyl/N-ethyl adjacent to an activating group) is 1. The molecule has 2 rings (SSSR count). The van der Waals surface area contributed by atoms with E-state index in [4.69, 9.17) is 4.74 Å². The van der Waals surface area contributed by atoms with E-state index in [1.165, 1.54) is 0 Å². The van der Waals surface area contributed by atoms with Gasteiger partial charge in [0.15, 0.2) is 0 Å². The summed E-state index contributed by atoms with van der Waals surface area (Å²) in [5.41, 5.74) is -0.745. The molecular formula is C14H24ClF3N2O2. The number of hydrogen-bond donors (Lipinski definition) is 0. The average molecular weight is 345 g/mol. The molecule has 0 bridgehead atoms. The van der Waals surface area contributed by atoms with Crippen molar-refractivity contribution >= 4 is 18.3 Å². The number of ether oxygens (including phenoxy) is 1. The number of amides is 1. The molecule has 0 aromatic heterocycles. The van der Waals surface area contributed by atoms with Crippen LogP contribution in [-0.2, 0) is 9.53 Å². The fraction of sp³-hybridized carbons (Fsp3) is 0.929. The fourth-order valence-corrected chi connectivity index (χ4v) is 3.43. The predicted molar refractivity (Wildman–Crippen MR) is 79.1 cm³/mol. The fourth-order valence-electron chi connectivity index (χ4n) is 3.43. The summed E-state index contributed by atoms with van der Waals surface area (Å²) in [7, 11) is 0. The lowest BCUT2D eigenvalue weighted by Crippen LogP contribution is -2.63. The van der Waals surface area contributed by atoms with Crippen LogP contribution in [0.2, 0.25) is 0 Å². The molecule has 1 amide bonds. The first-order valence-corrected chi connectivity index (χ1v) is 7.36. The van der Waals surface area contributed by atoms with E-state index in [1.54, 1.807) is 0 Å². The van der Waals surface area contributed by atoms with Crippen molar-refractivity contribution in [1.82, 2.24) is 9.80 Å². The van der Waals surface area contributed by atoms with Crippen molar-refractivity contribution < 1.29 is 22.7 Å². The van der Waals surface area contributed by atoms with Crippen molar-refractivity contribution in [2.45, 2.75) is 51.0 Å². The lowest BCUT2D eigenvalue weighted by molar-refractivity contribution is -0.219. The molecule has 2 fully saturated rings. The average Bonchev–Trinajstić information content (AvgIpc) is 2.35. The molecule has 0 atom stereocenters. The van der Waals surface area contributed by atoms with Crippen LogP contribution in [0.15, 0.2) is 0 Å². The summed E-state index contributed by atoms with van der Waals surface area (Å²) in [5, 5.41) is 0. The van der Waals surface area contributed by atoms with E-state index in [0.29, 0.717) is 12.8 Å². The van der Waals surface area contributed by atoms with E-state index in [-0.39, 0.29) is 31.1 Å². The van der Waals surface area contributed by atoms with Crippen LogP contribution in [0.4, 0.5) is 13.2 Å². The monoisotopic (exact) mass is 344 g/mol. The summed E-state index contributed by atoms with van der Waals surface area (Å²) in [6, 6.07) is 0. The minimum Gasteiger partial charge on any atom is -0.366 e. The first-order chi connectivity index (χ1) is 9.57. The number of likely N-dealkylation sites (tertiary alicyclic amines) is 1. The van der Waals surface area contributed by atoms with Crippen molar-refractivity contribution in [3.05, 3.63) is 0 Å². The second kappa shape index (κ2) is 6.53. The van der Waals surface area contributed by atoms with Gasteiger partial charge in [-0.25, -0.2) is 0 Å². The van der Waals surface area contributed by atoms with Gasteiger partial charge in [0, 0.05) is 26.2 Å². The molecule has 2 saturated heterocycles. The van der Waals surface area contributed by atoms with Crippen LogP contribution >= 0.6 is 12.4 Å². The van der Waals surface area contributed by atoms with Crippen LogP contribution < -0.4 is 0 Å². The smallest absolute Gasteiger partial charge is 0.366 e. The van der Waals surface area contributed by atoms with Gasteiger partial charge < -0.3 is 9.64 Å². The van der Waals surface area contributed by atoms with E-state index in [9.17, 15) is 18.0 Å². The molecule has 2 aliphatic rings. The van der Waals surface area contributed by atoms with E-state index in [2.05, 4.69) is 11.8 Å². The van der Waals surface area contributed by atoms with Gasteiger partial charge in [-0.3, -0.25) is 9.69 Å². The van der Waals surface area contributed by atoms with Gasteiger partial charge in [-0.2, -0.15) is 13.2 Å². The Hall–Kier alpha value is -0.530. The highest BCUT2D eigenvalue weighted by Crippen LogP contribution is 2.37.